The Morgan fingerprint density at radius 1 is 1.17 bits per heavy atom. The number of carbonyl (C=O) groups excluding carboxylic acids is 1. The maximum Gasteiger partial charge on any atom is 0.206 e. The average Bonchev–Trinajstić information content (AvgIpc) is 2.83. The maximum atomic E-state index is 12.3. The van der Waals surface area contributed by atoms with E-state index in [4.69, 9.17) is 21.1 Å². The molecule has 5 heteroatoms. The SMILES string of the molecule is COc1ccc(C(=O)c2ccc(Cl)s2)c(OC)c1. The largest absolute Gasteiger partial charge is 0.497 e. The number of rotatable bonds is 4. The van der Waals surface area contributed by atoms with Crippen molar-refractivity contribution in [3.05, 3.63) is 45.1 Å². The quantitative estimate of drug-likeness (QED) is 0.803. The average molecular weight is 283 g/mol. The molecular formula is C13H11ClO3S. The zero-order valence-corrected chi connectivity index (χ0v) is 11.5. The first-order valence-corrected chi connectivity index (χ1v) is 6.37. The lowest BCUT2D eigenvalue weighted by molar-refractivity contribution is 0.103. The molecule has 0 radical (unpaired) electrons. The summed E-state index contributed by atoms with van der Waals surface area (Å²) in [6, 6.07) is 8.51. The molecule has 2 rings (SSSR count). The molecule has 1 heterocycles. The van der Waals surface area contributed by atoms with Crippen molar-refractivity contribution in [3.63, 3.8) is 0 Å². The van der Waals surface area contributed by atoms with Crippen molar-refractivity contribution < 1.29 is 14.3 Å². The van der Waals surface area contributed by atoms with Gasteiger partial charge in [-0.2, -0.15) is 0 Å². The summed E-state index contributed by atoms with van der Waals surface area (Å²) in [6.07, 6.45) is 0. The molecule has 0 unspecified atom stereocenters. The van der Waals surface area contributed by atoms with Crippen LogP contribution in [0.3, 0.4) is 0 Å². The van der Waals surface area contributed by atoms with E-state index in [2.05, 4.69) is 0 Å². The van der Waals surface area contributed by atoms with Gasteiger partial charge in [-0.25, -0.2) is 0 Å². The number of carbonyl (C=O) groups is 1. The Morgan fingerprint density at radius 2 is 1.94 bits per heavy atom. The zero-order chi connectivity index (χ0) is 13.1. The summed E-state index contributed by atoms with van der Waals surface area (Å²) in [6.45, 7) is 0. The van der Waals surface area contributed by atoms with Crippen LogP contribution in [-0.2, 0) is 0 Å². The van der Waals surface area contributed by atoms with E-state index in [1.165, 1.54) is 18.4 Å². The third-order valence-electron chi connectivity index (χ3n) is 2.45. The van der Waals surface area contributed by atoms with E-state index in [9.17, 15) is 4.79 Å². The van der Waals surface area contributed by atoms with Crippen LogP contribution < -0.4 is 9.47 Å². The summed E-state index contributed by atoms with van der Waals surface area (Å²) in [5, 5.41) is 0. The van der Waals surface area contributed by atoms with Crippen LogP contribution in [0.1, 0.15) is 15.2 Å². The van der Waals surface area contributed by atoms with Crippen molar-refractivity contribution in [1.29, 1.82) is 0 Å². The molecule has 1 aromatic heterocycles. The van der Waals surface area contributed by atoms with Crippen LogP contribution in [0.15, 0.2) is 30.3 Å². The van der Waals surface area contributed by atoms with Crippen molar-refractivity contribution in [3.8, 4) is 11.5 Å². The highest BCUT2D eigenvalue weighted by Gasteiger charge is 2.16. The van der Waals surface area contributed by atoms with Crippen LogP contribution in [-0.4, -0.2) is 20.0 Å². The first-order chi connectivity index (χ1) is 8.65. The minimum atomic E-state index is -0.105. The van der Waals surface area contributed by atoms with E-state index in [-0.39, 0.29) is 5.78 Å². The van der Waals surface area contributed by atoms with E-state index in [0.29, 0.717) is 26.3 Å². The van der Waals surface area contributed by atoms with Crippen molar-refractivity contribution in [1.82, 2.24) is 0 Å². The summed E-state index contributed by atoms with van der Waals surface area (Å²) < 4.78 is 10.9. The lowest BCUT2D eigenvalue weighted by atomic mass is 10.1. The zero-order valence-electron chi connectivity index (χ0n) is 9.90. The van der Waals surface area contributed by atoms with Crippen LogP contribution in [0, 0.1) is 0 Å². The molecule has 18 heavy (non-hydrogen) atoms. The Morgan fingerprint density at radius 3 is 2.50 bits per heavy atom. The standard InChI is InChI=1S/C13H11ClO3S/c1-16-8-3-4-9(10(7-8)17-2)13(15)11-5-6-12(14)18-11/h3-7H,1-2H3. The second kappa shape index (κ2) is 5.42. The highest BCUT2D eigenvalue weighted by molar-refractivity contribution is 7.18. The van der Waals surface area contributed by atoms with Gasteiger partial charge in [0.15, 0.2) is 0 Å². The second-order valence-electron chi connectivity index (χ2n) is 3.50. The van der Waals surface area contributed by atoms with Gasteiger partial charge in [0.2, 0.25) is 5.78 Å². The summed E-state index contributed by atoms with van der Waals surface area (Å²) in [7, 11) is 3.09. The topological polar surface area (TPSA) is 35.5 Å². The third kappa shape index (κ3) is 2.49. The molecule has 1 aromatic carbocycles. The minimum absolute atomic E-state index is 0.105. The fourth-order valence-corrected chi connectivity index (χ4v) is 2.55. The predicted molar refractivity (Wildman–Crippen MR) is 72.3 cm³/mol. The maximum absolute atomic E-state index is 12.3. The van der Waals surface area contributed by atoms with Gasteiger partial charge in [0.05, 0.1) is 29.0 Å². The molecule has 94 valence electrons. The van der Waals surface area contributed by atoms with Crippen LogP contribution in [0.4, 0.5) is 0 Å². The number of ether oxygens (including phenoxy) is 2. The number of ketones is 1. The van der Waals surface area contributed by atoms with Crippen LogP contribution in [0.5, 0.6) is 11.5 Å². The lowest BCUT2D eigenvalue weighted by Crippen LogP contribution is -2.02. The summed E-state index contributed by atoms with van der Waals surface area (Å²) in [4.78, 5) is 12.9. The minimum Gasteiger partial charge on any atom is -0.497 e. The van der Waals surface area contributed by atoms with Crippen molar-refractivity contribution >= 4 is 28.7 Å². The molecule has 0 fully saturated rings. The van der Waals surface area contributed by atoms with Gasteiger partial charge in [-0.3, -0.25) is 4.79 Å². The Hall–Kier alpha value is -1.52. The van der Waals surface area contributed by atoms with Crippen LogP contribution >= 0.6 is 22.9 Å². The van der Waals surface area contributed by atoms with E-state index < -0.39 is 0 Å². The van der Waals surface area contributed by atoms with E-state index in [0.717, 1.165) is 0 Å². The van der Waals surface area contributed by atoms with E-state index in [1.807, 2.05) is 0 Å². The normalized spacial score (nSPS) is 10.2. The molecular weight excluding hydrogens is 272 g/mol. The molecule has 0 amide bonds. The number of hydrogen-bond acceptors (Lipinski definition) is 4. The first kappa shape index (κ1) is 12.9. The number of hydrogen-bond donors (Lipinski definition) is 0. The fourth-order valence-electron chi connectivity index (χ4n) is 1.56. The van der Waals surface area contributed by atoms with Gasteiger partial charge in [0, 0.05) is 6.07 Å². The third-order valence-corrected chi connectivity index (χ3v) is 3.68. The highest BCUT2D eigenvalue weighted by atomic mass is 35.5. The van der Waals surface area contributed by atoms with Gasteiger partial charge in [0.25, 0.3) is 0 Å². The number of halogens is 1. The molecule has 0 aliphatic rings. The molecule has 2 aromatic rings. The molecule has 0 spiro atoms. The van der Waals surface area contributed by atoms with Crippen molar-refractivity contribution in [2.24, 2.45) is 0 Å². The molecule has 0 aliphatic carbocycles. The molecule has 0 bridgehead atoms. The van der Waals surface area contributed by atoms with Crippen LogP contribution in [0.2, 0.25) is 4.34 Å². The Labute approximate surface area is 114 Å². The van der Waals surface area contributed by atoms with Crippen LogP contribution in [0.25, 0.3) is 0 Å². The number of thiophene rings is 1. The highest BCUT2D eigenvalue weighted by Crippen LogP contribution is 2.30. The summed E-state index contributed by atoms with van der Waals surface area (Å²) in [5.74, 6) is 1.03. The smallest absolute Gasteiger partial charge is 0.206 e. The van der Waals surface area contributed by atoms with Crippen molar-refractivity contribution in [2.45, 2.75) is 0 Å². The Bertz CT molecular complexity index is 577. The molecule has 0 N–H and O–H groups in total. The number of methoxy groups -OCH3 is 2. The monoisotopic (exact) mass is 282 g/mol. The first-order valence-electron chi connectivity index (χ1n) is 5.17. The Kier molecular flexibility index (Phi) is 3.89. The van der Waals surface area contributed by atoms with E-state index >= 15 is 0 Å². The van der Waals surface area contributed by atoms with E-state index in [1.54, 1.807) is 37.4 Å². The Balaban J connectivity index is 2.41. The second-order valence-corrected chi connectivity index (χ2v) is 5.21. The lowest BCUT2D eigenvalue weighted by Gasteiger charge is -2.08. The molecule has 0 saturated heterocycles. The number of benzene rings is 1. The summed E-state index contributed by atoms with van der Waals surface area (Å²) >= 11 is 7.08. The fraction of sp³-hybridized carbons (Fsp3) is 0.154. The predicted octanol–water partition coefficient (Wildman–Crippen LogP) is 3.65. The molecule has 0 atom stereocenters. The summed E-state index contributed by atoms with van der Waals surface area (Å²) in [5.41, 5.74) is 0.497. The van der Waals surface area contributed by atoms with Crippen molar-refractivity contribution in [2.75, 3.05) is 14.2 Å². The van der Waals surface area contributed by atoms with Gasteiger partial charge in [-0.15, -0.1) is 11.3 Å². The molecule has 0 aliphatic heterocycles. The van der Waals surface area contributed by atoms with Gasteiger partial charge >= 0.3 is 0 Å². The van der Waals surface area contributed by atoms with Gasteiger partial charge < -0.3 is 9.47 Å². The van der Waals surface area contributed by atoms with Gasteiger partial charge in [-0.05, 0) is 24.3 Å². The van der Waals surface area contributed by atoms with Gasteiger partial charge in [0.1, 0.15) is 11.5 Å². The molecule has 0 saturated carbocycles. The van der Waals surface area contributed by atoms with Gasteiger partial charge in [-0.1, -0.05) is 11.6 Å². The molecule has 3 nitrogen and oxygen atoms in total.